The van der Waals surface area contributed by atoms with Crippen molar-refractivity contribution in [2.45, 2.75) is 32.2 Å². The molecule has 0 radical (unpaired) electrons. The van der Waals surface area contributed by atoms with Gasteiger partial charge in [-0.2, -0.15) is 0 Å². The second-order valence-corrected chi connectivity index (χ2v) is 10.4. The van der Waals surface area contributed by atoms with Gasteiger partial charge in [-0.05, 0) is 67.8 Å². The van der Waals surface area contributed by atoms with E-state index < -0.39 is 15.9 Å². The third-order valence-electron chi connectivity index (χ3n) is 5.64. The van der Waals surface area contributed by atoms with E-state index in [-0.39, 0.29) is 18.0 Å². The van der Waals surface area contributed by atoms with E-state index in [1.54, 1.807) is 48.9 Å². The number of carbonyl (C=O) groups excluding carboxylic acids is 1. The van der Waals surface area contributed by atoms with Gasteiger partial charge < -0.3 is 9.88 Å². The molecule has 8 heteroatoms. The summed E-state index contributed by atoms with van der Waals surface area (Å²) in [5, 5.41) is 2.88. The molecule has 0 aliphatic carbocycles. The summed E-state index contributed by atoms with van der Waals surface area (Å²) in [5.74, 6) is -0.403. The molecular weight excluding hydrogens is 460 g/mol. The van der Waals surface area contributed by atoms with E-state index in [2.05, 4.69) is 10.3 Å². The van der Waals surface area contributed by atoms with Crippen molar-refractivity contribution < 1.29 is 13.2 Å². The Morgan fingerprint density at radius 1 is 0.943 bits per heavy atom. The maximum absolute atomic E-state index is 13.6. The molecule has 0 saturated heterocycles. The predicted octanol–water partition coefficient (Wildman–Crippen LogP) is 4.31. The first kappa shape index (κ1) is 24.2. The minimum absolute atomic E-state index is 0.139. The molecule has 0 bridgehead atoms. The lowest BCUT2D eigenvalue weighted by Gasteiger charge is -2.25. The number of amides is 1. The van der Waals surface area contributed by atoms with Crippen LogP contribution in [0.3, 0.4) is 0 Å². The van der Waals surface area contributed by atoms with E-state index in [4.69, 9.17) is 0 Å². The molecule has 0 spiro atoms. The van der Waals surface area contributed by atoms with Crippen molar-refractivity contribution >= 4 is 21.6 Å². The number of rotatable bonds is 8. The quantitative estimate of drug-likeness (QED) is 0.401. The van der Waals surface area contributed by atoms with E-state index in [1.165, 1.54) is 4.31 Å². The standard InChI is InChI=1S/C27H28N4O3S/c1-20-8-10-25(11-9-20)35(33,34)31(24-15-21(2)14-22(3)16-24)18-27(32)29-17-23-6-4-5-7-26(23)30-13-12-28-19-30/h4-16,19H,17-18H2,1-3H3,(H,29,32). The number of nitrogens with one attached hydrogen (secondary N) is 1. The minimum Gasteiger partial charge on any atom is -0.350 e. The molecular formula is C27H28N4O3S. The van der Waals surface area contributed by atoms with Gasteiger partial charge in [0, 0.05) is 18.9 Å². The van der Waals surface area contributed by atoms with E-state index in [0.717, 1.165) is 27.9 Å². The summed E-state index contributed by atoms with van der Waals surface area (Å²) in [4.78, 5) is 17.3. The Hall–Kier alpha value is -3.91. The zero-order valence-electron chi connectivity index (χ0n) is 20.0. The number of aryl methyl sites for hydroxylation is 3. The van der Waals surface area contributed by atoms with Crippen LogP contribution in [0.15, 0.2) is 90.3 Å². The number of benzene rings is 3. The van der Waals surface area contributed by atoms with Gasteiger partial charge in [-0.15, -0.1) is 0 Å². The number of aromatic nitrogens is 2. The first-order chi connectivity index (χ1) is 16.7. The van der Waals surface area contributed by atoms with Crippen LogP contribution in [0.25, 0.3) is 5.69 Å². The van der Waals surface area contributed by atoms with E-state index in [1.807, 2.05) is 61.9 Å². The van der Waals surface area contributed by atoms with Crippen molar-refractivity contribution in [3.05, 3.63) is 108 Å². The van der Waals surface area contributed by atoms with Crippen molar-refractivity contribution in [3.8, 4) is 5.69 Å². The fraction of sp³-hybridized carbons (Fsp3) is 0.185. The van der Waals surface area contributed by atoms with Crippen LogP contribution in [0.1, 0.15) is 22.3 Å². The molecule has 1 aromatic heterocycles. The van der Waals surface area contributed by atoms with E-state index in [9.17, 15) is 13.2 Å². The SMILES string of the molecule is Cc1ccc(S(=O)(=O)N(CC(=O)NCc2ccccc2-n2ccnc2)c2cc(C)cc(C)c2)cc1. The van der Waals surface area contributed by atoms with Gasteiger partial charge >= 0.3 is 0 Å². The number of para-hydroxylation sites is 1. The summed E-state index contributed by atoms with van der Waals surface area (Å²) in [6.07, 6.45) is 5.21. The summed E-state index contributed by atoms with van der Waals surface area (Å²) >= 11 is 0. The summed E-state index contributed by atoms with van der Waals surface area (Å²) in [5.41, 5.74) is 5.02. The number of nitrogens with zero attached hydrogens (tertiary/aromatic N) is 3. The van der Waals surface area contributed by atoms with E-state index in [0.29, 0.717) is 5.69 Å². The maximum atomic E-state index is 13.6. The third-order valence-corrected chi connectivity index (χ3v) is 7.43. The third kappa shape index (κ3) is 5.60. The lowest BCUT2D eigenvalue weighted by atomic mass is 10.1. The van der Waals surface area contributed by atoms with Crippen LogP contribution in [-0.4, -0.2) is 30.4 Å². The minimum atomic E-state index is -3.97. The molecule has 0 aliphatic heterocycles. The normalized spacial score (nSPS) is 11.3. The smallest absolute Gasteiger partial charge is 0.264 e. The Labute approximate surface area is 206 Å². The van der Waals surface area contributed by atoms with Gasteiger partial charge in [-0.1, -0.05) is 42.0 Å². The Kier molecular flexibility index (Phi) is 7.02. The van der Waals surface area contributed by atoms with Crippen molar-refractivity contribution in [3.63, 3.8) is 0 Å². The van der Waals surface area contributed by atoms with Gasteiger partial charge in [0.1, 0.15) is 6.54 Å². The lowest BCUT2D eigenvalue weighted by molar-refractivity contribution is -0.119. The zero-order valence-corrected chi connectivity index (χ0v) is 20.8. The number of sulfonamides is 1. The highest BCUT2D eigenvalue weighted by Crippen LogP contribution is 2.26. The number of anilines is 1. The number of carbonyl (C=O) groups is 1. The van der Waals surface area contributed by atoms with Crippen LogP contribution in [0.4, 0.5) is 5.69 Å². The first-order valence-corrected chi connectivity index (χ1v) is 12.7. The molecule has 4 rings (SSSR count). The lowest BCUT2D eigenvalue weighted by Crippen LogP contribution is -2.40. The Balaban J connectivity index is 1.60. The molecule has 1 heterocycles. The highest BCUT2D eigenvalue weighted by Gasteiger charge is 2.27. The average molecular weight is 489 g/mol. The highest BCUT2D eigenvalue weighted by atomic mass is 32.2. The molecule has 3 aromatic carbocycles. The van der Waals surface area contributed by atoms with Crippen molar-refractivity contribution in [1.82, 2.24) is 14.9 Å². The zero-order chi connectivity index (χ0) is 25.0. The number of imidazole rings is 1. The molecule has 0 unspecified atom stereocenters. The van der Waals surface area contributed by atoms with Gasteiger partial charge in [0.2, 0.25) is 5.91 Å². The van der Waals surface area contributed by atoms with Crippen LogP contribution >= 0.6 is 0 Å². The second-order valence-electron chi connectivity index (χ2n) is 8.55. The first-order valence-electron chi connectivity index (χ1n) is 11.2. The summed E-state index contributed by atoms with van der Waals surface area (Å²) in [6.45, 7) is 5.61. The summed E-state index contributed by atoms with van der Waals surface area (Å²) in [7, 11) is -3.97. The molecule has 0 atom stereocenters. The summed E-state index contributed by atoms with van der Waals surface area (Å²) < 4.78 is 30.3. The molecule has 4 aromatic rings. The Morgan fingerprint density at radius 2 is 1.63 bits per heavy atom. The molecule has 0 fully saturated rings. The topological polar surface area (TPSA) is 84.3 Å². The molecule has 7 nitrogen and oxygen atoms in total. The van der Waals surface area contributed by atoms with Crippen molar-refractivity contribution in [2.75, 3.05) is 10.8 Å². The van der Waals surface area contributed by atoms with Gasteiger partial charge in [0.05, 0.1) is 22.6 Å². The number of hydrogen-bond acceptors (Lipinski definition) is 4. The van der Waals surface area contributed by atoms with Gasteiger partial charge in [0.25, 0.3) is 10.0 Å². The van der Waals surface area contributed by atoms with Gasteiger partial charge in [0.15, 0.2) is 0 Å². The molecule has 180 valence electrons. The molecule has 1 amide bonds. The fourth-order valence-corrected chi connectivity index (χ4v) is 5.35. The van der Waals surface area contributed by atoms with Crippen LogP contribution in [0.2, 0.25) is 0 Å². The molecule has 0 saturated carbocycles. The van der Waals surface area contributed by atoms with E-state index >= 15 is 0 Å². The summed E-state index contributed by atoms with van der Waals surface area (Å²) in [6, 6.07) is 19.8. The average Bonchev–Trinajstić information content (AvgIpc) is 3.36. The van der Waals surface area contributed by atoms with Crippen molar-refractivity contribution in [1.29, 1.82) is 0 Å². The largest absolute Gasteiger partial charge is 0.350 e. The van der Waals surface area contributed by atoms with Crippen LogP contribution < -0.4 is 9.62 Å². The van der Waals surface area contributed by atoms with Crippen LogP contribution in [0, 0.1) is 20.8 Å². The molecule has 1 N–H and O–H groups in total. The maximum Gasteiger partial charge on any atom is 0.264 e. The van der Waals surface area contributed by atoms with Gasteiger partial charge in [-0.25, -0.2) is 13.4 Å². The fourth-order valence-electron chi connectivity index (χ4n) is 3.94. The monoisotopic (exact) mass is 488 g/mol. The highest BCUT2D eigenvalue weighted by molar-refractivity contribution is 7.92. The Morgan fingerprint density at radius 3 is 2.29 bits per heavy atom. The number of hydrogen-bond donors (Lipinski definition) is 1. The van der Waals surface area contributed by atoms with Crippen LogP contribution in [-0.2, 0) is 21.4 Å². The molecule has 0 aliphatic rings. The second kappa shape index (κ2) is 10.1. The van der Waals surface area contributed by atoms with Gasteiger partial charge in [-0.3, -0.25) is 9.10 Å². The molecule has 35 heavy (non-hydrogen) atoms. The van der Waals surface area contributed by atoms with Crippen molar-refractivity contribution in [2.24, 2.45) is 0 Å². The Bertz CT molecular complexity index is 1410. The predicted molar refractivity (Wildman–Crippen MR) is 137 cm³/mol. The van der Waals surface area contributed by atoms with Crippen LogP contribution in [0.5, 0.6) is 0 Å².